The van der Waals surface area contributed by atoms with E-state index in [2.05, 4.69) is 4.90 Å². The van der Waals surface area contributed by atoms with E-state index in [1.807, 2.05) is 24.3 Å². The summed E-state index contributed by atoms with van der Waals surface area (Å²) in [6, 6.07) is 12.4. The highest BCUT2D eigenvalue weighted by molar-refractivity contribution is 5.94. The monoisotopic (exact) mass is 335 g/mol. The Morgan fingerprint density at radius 2 is 1.88 bits per heavy atom. The van der Waals surface area contributed by atoms with E-state index in [1.165, 1.54) is 11.6 Å². The average Bonchev–Trinajstić information content (AvgIpc) is 2.82. The van der Waals surface area contributed by atoms with Gasteiger partial charge in [0.05, 0.1) is 4.92 Å². The van der Waals surface area contributed by atoms with E-state index in [0.29, 0.717) is 5.56 Å². The third-order valence-electron chi connectivity index (χ3n) is 4.58. The third-order valence-corrected chi connectivity index (χ3v) is 4.58. The van der Waals surface area contributed by atoms with Gasteiger partial charge in [-0.2, -0.15) is 5.26 Å². The first-order valence-corrected chi connectivity index (χ1v) is 8.06. The molecule has 0 atom stereocenters. The molecule has 0 bridgehead atoms. The van der Waals surface area contributed by atoms with Crippen LogP contribution in [0, 0.1) is 21.4 Å². The minimum Gasteiger partial charge on any atom is -0.371 e. The lowest BCUT2D eigenvalue weighted by Gasteiger charge is -2.22. The molecule has 0 amide bonds. The second-order valence-corrected chi connectivity index (χ2v) is 6.10. The van der Waals surface area contributed by atoms with Crippen LogP contribution in [-0.4, -0.2) is 23.8 Å². The minimum absolute atomic E-state index is 0.0536. The van der Waals surface area contributed by atoms with Crippen molar-refractivity contribution in [3.63, 3.8) is 0 Å². The van der Waals surface area contributed by atoms with Crippen LogP contribution in [0.3, 0.4) is 0 Å². The summed E-state index contributed by atoms with van der Waals surface area (Å²) < 4.78 is 0. The smallest absolute Gasteiger partial charge is 0.287 e. The molecule has 1 aliphatic rings. The molecular formula is C19H17N3O3. The molecule has 0 aromatic heterocycles. The standard InChI is InChI=1S/C19H17N3O3/c1-13(23)15-3-2-14-6-8-21(9-7-16(14)10-15)18-4-5-19(22(24)25)17(11-18)12-20/h2-5,10-11H,6-9H2,1H3. The summed E-state index contributed by atoms with van der Waals surface area (Å²) in [7, 11) is 0. The number of carbonyl (C=O) groups is 1. The van der Waals surface area contributed by atoms with Crippen molar-refractivity contribution in [2.24, 2.45) is 0 Å². The van der Waals surface area contributed by atoms with Crippen LogP contribution in [0.5, 0.6) is 0 Å². The maximum absolute atomic E-state index is 11.6. The van der Waals surface area contributed by atoms with Crippen LogP contribution in [-0.2, 0) is 12.8 Å². The molecule has 3 rings (SSSR count). The van der Waals surface area contributed by atoms with E-state index in [4.69, 9.17) is 5.26 Å². The first kappa shape index (κ1) is 16.7. The number of fused-ring (bicyclic) bond motifs is 1. The Morgan fingerprint density at radius 1 is 1.16 bits per heavy atom. The Hall–Kier alpha value is -3.20. The van der Waals surface area contributed by atoms with E-state index < -0.39 is 4.92 Å². The number of nitrogens with zero attached hydrogens (tertiary/aromatic N) is 3. The SMILES string of the molecule is CC(=O)c1ccc2c(c1)CCN(c1ccc([N+](=O)[O-])c(C#N)c1)CC2. The van der Waals surface area contributed by atoms with Crippen molar-refractivity contribution < 1.29 is 9.72 Å². The molecule has 0 unspecified atom stereocenters. The van der Waals surface area contributed by atoms with Gasteiger partial charge in [-0.15, -0.1) is 0 Å². The highest BCUT2D eigenvalue weighted by Crippen LogP contribution is 2.27. The lowest BCUT2D eigenvalue weighted by Crippen LogP contribution is -2.26. The molecular weight excluding hydrogens is 318 g/mol. The van der Waals surface area contributed by atoms with Gasteiger partial charge < -0.3 is 4.90 Å². The fraction of sp³-hybridized carbons (Fsp3) is 0.263. The molecule has 2 aromatic rings. The first-order chi connectivity index (χ1) is 12.0. The summed E-state index contributed by atoms with van der Waals surface area (Å²) in [6.07, 6.45) is 1.61. The molecule has 1 heterocycles. The summed E-state index contributed by atoms with van der Waals surface area (Å²) in [5.41, 5.74) is 3.81. The van der Waals surface area contributed by atoms with Crippen molar-refractivity contribution in [1.82, 2.24) is 0 Å². The average molecular weight is 335 g/mol. The number of anilines is 1. The van der Waals surface area contributed by atoms with Crippen LogP contribution in [0.4, 0.5) is 11.4 Å². The zero-order valence-corrected chi connectivity index (χ0v) is 13.9. The van der Waals surface area contributed by atoms with Crippen molar-refractivity contribution in [3.8, 4) is 6.07 Å². The van der Waals surface area contributed by atoms with E-state index in [0.717, 1.165) is 37.2 Å². The second-order valence-electron chi connectivity index (χ2n) is 6.10. The van der Waals surface area contributed by atoms with Gasteiger partial charge in [0.2, 0.25) is 0 Å². The molecule has 0 aliphatic carbocycles. The largest absolute Gasteiger partial charge is 0.371 e. The summed E-state index contributed by atoms with van der Waals surface area (Å²) in [5.74, 6) is 0.0536. The molecule has 2 aromatic carbocycles. The van der Waals surface area contributed by atoms with Gasteiger partial charge in [-0.25, -0.2) is 0 Å². The topological polar surface area (TPSA) is 87.2 Å². The van der Waals surface area contributed by atoms with Crippen LogP contribution in [0.2, 0.25) is 0 Å². The van der Waals surface area contributed by atoms with E-state index in [9.17, 15) is 14.9 Å². The van der Waals surface area contributed by atoms with E-state index in [-0.39, 0.29) is 17.0 Å². The van der Waals surface area contributed by atoms with Crippen molar-refractivity contribution in [2.75, 3.05) is 18.0 Å². The Balaban J connectivity index is 1.86. The van der Waals surface area contributed by atoms with Crippen molar-refractivity contribution in [2.45, 2.75) is 19.8 Å². The molecule has 6 heteroatoms. The normalized spacial score (nSPS) is 13.5. The molecule has 0 saturated carbocycles. The van der Waals surface area contributed by atoms with Crippen LogP contribution in [0.1, 0.15) is 34.0 Å². The van der Waals surface area contributed by atoms with Crippen LogP contribution >= 0.6 is 0 Å². The van der Waals surface area contributed by atoms with Crippen LogP contribution in [0.25, 0.3) is 0 Å². The first-order valence-electron chi connectivity index (χ1n) is 8.06. The minimum atomic E-state index is -0.538. The number of rotatable bonds is 3. The molecule has 0 saturated heterocycles. The quantitative estimate of drug-likeness (QED) is 0.488. The zero-order chi connectivity index (χ0) is 18.0. The molecule has 0 spiro atoms. The van der Waals surface area contributed by atoms with Gasteiger partial charge in [-0.3, -0.25) is 14.9 Å². The van der Waals surface area contributed by atoms with Crippen molar-refractivity contribution in [3.05, 3.63) is 68.8 Å². The predicted molar refractivity (Wildman–Crippen MR) is 93.9 cm³/mol. The Kier molecular flexibility index (Phi) is 4.48. The molecule has 6 nitrogen and oxygen atoms in total. The lowest BCUT2D eigenvalue weighted by molar-refractivity contribution is -0.385. The Labute approximate surface area is 145 Å². The molecule has 0 N–H and O–H groups in total. The molecule has 1 aliphatic heterocycles. The summed E-state index contributed by atoms with van der Waals surface area (Å²) >= 11 is 0. The summed E-state index contributed by atoms with van der Waals surface area (Å²) in [5, 5.41) is 20.1. The Bertz CT molecular complexity index is 899. The molecule has 0 fully saturated rings. The molecule has 0 radical (unpaired) electrons. The third kappa shape index (κ3) is 3.36. The fourth-order valence-electron chi connectivity index (χ4n) is 3.17. The Morgan fingerprint density at radius 3 is 2.52 bits per heavy atom. The van der Waals surface area contributed by atoms with Crippen LogP contribution in [0.15, 0.2) is 36.4 Å². The second kappa shape index (κ2) is 6.73. The van der Waals surface area contributed by atoms with Crippen LogP contribution < -0.4 is 4.90 Å². The van der Waals surface area contributed by atoms with Gasteiger partial charge in [-0.05, 0) is 49.1 Å². The summed E-state index contributed by atoms with van der Waals surface area (Å²) in [4.78, 5) is 24.1. The van der Waals surface area contributed by atoms with E-state index >= 15 is 0 Å². The number of nitro groups is 1. The zero-order valence-electron chi connectivity index (χ0n) is 13.9. The summed E-state index contributed by atoms with van der Waals surface area (Å²) in [6.45, 7) is 3.05. The van der Waals surface area contributed by atoms with Gasteiger partial charge in [0.25, 0.3) is 5.69 Å². The molecule has 126 valence electrons. The van der Waals surface area contributed by atoms with Gasteiger partial charge >= 0.3 is 0 Å². The van der Waals surface area contributed by atoms with Gasteiger partial charge in [0, 0.05) is 30.4 Å². The highest BCUT2D eigenvalue weighted by atomic mass is 16.6. The highest BCUT2D eigenvalue weighted by Gasteiger charge is 2.19. The number of ketones is 1. The van der Waals surface area contributed by atoms with E-state index in [1.54, 1.807) is 19.1 Å². The van der Waals surface area contributed by atoms with Gasteiger partial charge in [0.15, 0.2) is 5.78 Å². The predicted octanol–water partition coefficient (Wildman–Crippen LogP) is 3.27. The van der Waals surface area contributed by atoms with Gasteiger partial charge in [0.1, 0.15) is 11.6 Å². The lowest BCUT2D eigenvalue weighted by atomic mass is 9.99. The number of hydrogen-bond donors (Lipinski definition) is 0. The maximum atomic E-state index is 11.6. The van der Waals surface area contributed by atoms with Crippen molar-refractivity contribution in [1.29, 1.82) is 5.26 Å². The number of nitro benzene ring substituents is 1. The number of hydrogen-bond acceptors (Lipinski definition) is 5. The maximum Gasteiger partial charge on any atom is 0.287 e. The molecule has 25 heavy (non-hydrogen) atoms. The van der Waals surface area contributed by atoms with Crippen molar-refractivity contribution >= 4 is 17.2 Å². The number of Topliss-reactive ketones (excluding diaryl/α,β-unsaturated/α-hetero) is 1. The fourth-order valence-corrected chi connectivity index (χ4v) is 3.17. The number of nitriles is 1. The van der Waals surface area contributed by atoms with Gasteiger partial charge in [-0.1, -0.05) is 12.1 Å². The number of carbonyl (C=O) groups excluding carboxylic acids is 1. The number of benzene rings is 2.